The zero-order valence-electron chi connectivity index (χ0n) is 9.87. The lowest BCUT2D eigenvalue weighted by molar-refractivity contribution is 0.565. The molecule has 0 rings (SSSR count). The highest BCUT2D eigenvalue weighted by molar-refractivity contribution is 7.89. The lowest BCUT2D eigenvalue weighted by atomic mass is 10.1. The van der Waals surface area contributed by atoms with Gasteiger partial charge in [-0.1, -0.05) is 58.3 Å². The molecule has 2 N–H and O–H groups in total. The second kappa shape index (κ2) is 9.16. The molecule has 0 fully saturated rings. The normalized spacial score (nSPS) is 11.9. The fourth-order valence-electron chi connectivity index (χ4n) is 1.61. The fourth-order valence-corrected chi connectivity index (χ4v) is 2.22. The van der Waals surface area contributed by atoms with E-state index in [0.29, 0.717) is 6.42 Å². The lowest BCUT2D eigenvalue weighted by Crippen LogP contribution is -2.16. The molecule has 0 aliphatic carbocycles. The lowest BCUT2D eigenvalue weighted by Gasteiger charge is -2.01. The molecule has 4 heteroatoms. The molecular weight excluding hydrogens is 210 g/mol. The second-order valence-corrected chi connectivity index (χ2v) is 5.93. The number of unbranched alkanes of at least 4 members (excludes halogenated alkanes) is 8. The van der Waals surface area contributed by atoms with Gasteiger partial charge in [-0.05, 0) is 6.42 Å². The molecule has 0 aromatic carbocycles. The van der Waals surface area contributed by atoms with Gasteiger partial charge in [0.2, 0.25) is 10.0 Å². The minimum Gasteiger partial charge on any atom is -0.229 e. The van der Waals surface area contributed by atoms with E-state index in [0.717, 1.165) is 12.8 Å². The first kappa shape index (κ1) is 14.9. The van der Waals surface area contributed by atoms with E-state index in [1.807, 2.05) is 0 Å². The Hall–Kier alpha value is -0.0900. The van der Waals surface area contributed by atoms with Crippen molar-refractivity contribution in [1.82, 2.24) is 0 Å². The number of rotatable bonds is 10. The van der Waals surface area contributed by atoms with Crippen molar-refractivity contribution in [2.24, 2.45) is 5.14 Å². The van der Waals surface area contributed by atoms with E-state index < -0.39 is 10.0 Å². The van der Waals surface area contributed by atoms with Gasteiger partial charge in [-0.2, -0.15) is 0 Å². The van der Waals surface area contributed by atoms with Crippen LogP contribution < -0.4 is 5.14 Å². The van der Waals surface area contributed by atoms with Crippen molar-refractivity contribution < 1.29 is 8.42 Å². The van der Waals surface area contributed by atoms with Crippen molar-refractivity contribution in [2.75, 3.05) is 5.75 Å². The largest absolute Gasteiger partial charge is 0.229 e. The van der Waals surface area contributed by atoms with E-state index in [1.54, 1.807) is 0 Å². The average Bonchev–Trinajstić information content (AvgIpc) is 2.14. The molecule has 92 valence electrons. The van der Waals surface area contributed by atoms with E-state index >= 15 is 0 Å². The highest BCUT2D eigenvalue weighted by Crippen LogP contribution is 2.09. The SMILES string of the molecule is CCCCCCCCCCCS(N)(=O)=O. The van der Waals surface area contributed by atoms with Gasteiger partial charge in [0.1, 0.15) is 0 Å². The molecule has 0 saturated heterocycles. The predicted octanol–water partition coefficient (Wildman–Crippen LogP) is 2.81. The standard InChI is InChI=1S/C11H25NO2S/c1-2-3-4-5-6-7-8-9-10-11-15(12,13)14/h2-11H2,1H3,(H2,12,13,14). The van der Waals surface area contributed by atoms with E-state index in [1.165, 1.54) is 38.5 Å². The van der Waals surface area contributed by atoms with Gasteiger partial charge in [-0.3, -0.25) is 0 Å². The molecule has 0 atom stereocenters. The van der Waals surface area contributed by atoms with Crippen LogP contribution in [0.2, 0.25) is 0 Å². The number of primary sulfonamides is 1. The number of hydrogen-bond donors (Lipinski definition) is 1. The van der Waals surface area contributed by atoms with Crippen LogP contribution in [0.4, 0.5) is 0 Å². The van der Waals surface area contributed by atoms with Gasteiger partial charge >= 0.3 is 0 Å². The number of hydrogen-bond acceptors (Lipinski definition) is 2. The molecule has 0 unspecified atom stereocenters. The van der Waals surface area contributed by atoms with Crippen LogP contribution in [0, 0.1) is 0 Å². The zero-order valence-corrected chi connectivity index (χ0v) is 10.7. The smallest absolute Gasteiger partial charge is 0.209 e. The van der Waals surface area contributed by atoms with Crippen LogP contribution in [0.15, 0.2) is 0 Å². The second-order valence-electron chi connectivity index (χ2n) is 4.20. The Morgan fingerprint density at radius 1 is 0.800 bits per heavy atom. The van der Waals surface area contributed by atoms with Crippen molar-refractivity contribution in [3.63, 3.8) is 0 Å². The summed E-state index contributed by atoms with van der Waals surface area (Å²) in [6.45, 7) is 2.22. The molecule has 0 aliphatic heterocycles. The summed E-state index contributed by atoms with van der Waals surface area (Å²) in [4.78, 5) is 0. The van der Waals surface area contributed by atoms with E-state index in [9.17, 15) is 8.42 Å². The van der Waals surface area contributed by atoms with Gasteiger partial charge in [-0.15, -0.1) is 0 Å². The third-order valence-electron chi connectivity index (χ3n) is 2.53. The molecule has 0 radical (unpaired) electrons. The molecule has 3 nitrogen and oxygen atoms in total. The molecule has 0 aromatic heterocycles. The first-order valence-electron chi connectivity index (χ1n) is 6.06. The van der Waals surface area contributed by atoms with Gasteiger partial charge < -0.3 is 0 Å². The maximum Gasteiger partial charge on any atom is 0.209 e. The summed E-state index contributed by atoms with van der Waals surface area (Å²) in [5, 5.41) is 4.90. The van der Waals surface area contributed by atoms with Gasteiger partial charge in [0.25, 0.3) is 0 Å². The average molecular weight is 235 g/mol. The minimum atomic E-state index is -3.23. The zero-order chi connectivity index (χ0) is 11.6. The number of sulfonamides is 1. The molecule has 15 heavy (non-hydrogen) atoms. The van der Waals surface area contributed by atoms with Crippen LogP contribution in [-0.4, -0.2) is 14.2 Å². The Morgan fingerprint density at radius 3 is 1.60 bits per heavy atom. The highest BCUT2D eigenvalue weighted by atomic mass is 32.2. The van der Waals surface area contributed by atoms with Crippen LogP contribution >= 0.6 is 0 Å². The molecule has 0 heterocycles. The van der Waals surface area contributed by atoms with Crippen LogP contribution in [0.5, 0.6) is 0 Å². The van der Waals surface area contributed by atoms with Crippen LogP contribution in [0.25, 0.3) is 0 Å². The maximum atomic E-state index is 10.6. The Morgan fingerprint density at radius 2 is 1.20 bits per heavy atom. The van der Waals surface area contributed by atoms with Gasteiger partial charge in [0.15, 0.2) is 0 Å². The van der Waals surface area contributed by atoms with Gasteiger partial charge in [-0.25, -0.2) is 13.6 Å². The minimum absolute atomic E-state index is 0.142. The first-order chi connectivity index (χ1) is 7.06. The summed E-state index contributed by atoms with van der Waals surface area (Å²) < 4.78 is 21.2. The summed E-state index contributed by atoms with van der Waals surface area (Å²) >= 11 is 0. The predicted molar refractivity (Wildman–Crippen MR) is 65.2 cm³/mol. The van der Waals surface area contributed by atoms with Crippen LogP contribution in [0.1, 0.15) is 64.7 Å². The Labute approximate surface area is 94.5 Å². The Kier molecular flexibility index (Phi) is 9.10. The molecule has 0 bridgehead atoms. The topological polar surface area (TPSA) is 60.2 Å². The van der Waals surface area contributed by atoms with Gasteiger partial charge in [0, 0.05) is 0 Å². The monoisotopic (exact) mass is 235 g/mol. The third kappa shape index (κ3) is 13.9. The molecule has 0 aromatic rings. The summed E-state index contributed by atoms with van der Waals surface area (Å²) in [6.07, 6.45) is 10.7. The molecule has 0 amide bonds. The molecule has 0 spiro atoms. The Balaban J connectivity index is 3.06. The van der Waals surface area contributed by atoms with Crippen molar-refractivity contribution in [1.29, 1.82) is 0 Å². The van der Waals surface area contributed by atoms with Gasteiger partial charge in [0.05, 0.1) is 5.75 Å². The number of nitrogens with two attached hydrogens (primary N) is 1. The highest BCUT2D eigenvalue weighted by Gasteiger charge is 2.00. The quantitative estimate of drug-likeness (QED) is 0.592. The summed E-state index contributed by atoms with van der Waals surface area (Å²) in [5.74, 6) is 0.142. The van der Waals surface area contributed by atoms with Crippen LogP contribution in [-0.2, 0) is 10.0 Å². The molecular formula is C11H25NO2S. The van der Waals surface area contributed by atoms with Crippen LogP contribution in [0.3, 0.4) is 0 Å². The molecule has 0 aliphatic rings. The van der Waals surface area contributed by atoms with Crippen molar-refractivity contribution >= 4 is 10.0 Å². The Bertz CT molecular complexity index is 225. The summed E-state index contributed by atoms with van der Waals surface area (Å²) in [6, 6.07) is 0. The van der Waals surface area contributed by atoms with Crippen molar-refractivity contribution in [2.45, 2.75) is 64.7 Å². The van der Waals surface area contributed by atoms with E-state index in [2.05, 4.69) is 6.92 Å². The maximum absolute atomic E-state index is 10.6. The summed E-state index contributed by atoms with van der Waals surface area (Å²) in [5.41, 5.74) is 0. The van der Waals surface area contributed by atoms with Crippen molar-refractivity contribution in [3.8, 4) is 0 Å². The molecule has 0 saturated carbocycles. The van der Waals surface area contributed by atoms with E-state index in [4.69, 9.17) is 5.14 Å². The third-order valence-corrected chi connectivity index (χ3v) is 3.39. The van der Waals surface area contributed by atoms with Crippen molar-refractivity contribution in [3.05, 3.63) is 0 Å². The summed E-state index contributed by atoms with van der Waals surface area (Å²) in [7, 11) is -3.23. The fraction of sp³-hybridized carbons (Fsp3) is 1.00. The first-order valence-corrected chi connectivity index (χ1v) is 7.78. The van der Waals surface area contributed by atoms with E-state index in [-0.39, 0.29) is 5.75 Å².